The second-order valence-electron chi connectivity index (χ2n) is 5.84. The van der Waals surface area contributed by atoms with Crippen LogP contribution in [0.4, 0.5) is 0 Å². The molecule has 1 aliphatic rings. The van der Waals surface area contributed by atoms with Gasteiger partial charge in [0, 0.05) is 37.5 Å². The lowest BCUT2D eigenvalue weighted by Gasteiger charge is -2.39. The van der Waals surface area contributed by atoms with E-state index in [1.165, 1.54) is 5.69 Å². The predicted octanol–water partition coefficient (Wildman–Crippen LogP) is 1.32. The van der Waals surface area contributed by atoms with E-state index in [1.54, 1.807) is 12.4 Å². The van der Waals surface area contributed by atoms with Crippen molar-refractivity contribution in [3.63, 3.8) is 0 Å². The van der Waals surface area contributed by atoms with E-state index < -0.39 is 0 Å². The lowest BCUT2D eigenvalue weighted by Crippen LogP contribution is -2.43. The first-order valence-electron chi connectivity index (χ1n) is 6.79. The third-order valence-corrected chi connectivity index (χ3v) is 4.02. The summed E-state index contributed by atoms with van der Waals surface area (Å²) in [7, 11) is 0. The molecule has 0 spiro atoms. The molecule has 0 amide bonds. The molecule has 0 bridgehead atoms. The Morgan fingerprint density at radius 3 is 3.16 bits per heavy atom. The fraction of sp³-hybridized carbons (Fsp3) is 0.571. The van der Waals surface area contributed by atoms with Gasteiger partial charge in [0.1, 0.15) is 0 Å². The van der Waals surface area contributed by atoms with Crippen LogP contribution in [-0.4, -0.2) is 44.1 Å². The van der Waals surface area contributed by atoms with Gasteiger partial charge < -0.3 is 5.11 Å². The molecular weight excluding hydrogens is 240 g/mol. The van der Waals surface area contributed by atoms with Crippen LogP contribution in [0.15, 0.2) is 24.8 Å². The number of aromatic nitrogens is 3. The number of piperidine rings is 1. The number of fused-ring (bicyclic) bond motifs is 1. The van der Waals surface area contributed by atoms with Crippen molar-refractivity contribution < 1.29 is 5.11 Å². The molecule has 0 radical (unpaired) electrons. The number of hydrogen-bond donors (Lipinski definition) is 1. The average Bonchev–Trinajstić information content (AvgIpc) is 2.83. The molecule has 2 aromatic rings. The third-order valence-electron chi connectivity index (χ3n) is 4.02. The van der Waals surface area contributed by atoms with Crippen molar-refractivity contribution in [2.45, 2.75) is 26.3 Å². The summed E-state index contributed by atoms with van der Waals surface area (Å²) in [5.41, 5.74) is 2.11. The molecule has 19 heavy (non-hydrogen) atoms. The van der Waals surface area contributed by atoms with Crippen LogP contribution >= 0.6 is 0 Å². The van der Waals surface area contributed by atoms with E-state index in [0.29, 0.717) is 0 Å². The van der Waals surface area contributed by atoms with E-state index in [9.17, 15) is 5.11 Å². The Morgan fingerprint density at radius 2 is 2.32 bits per heavy atom. The van der Waals surface area contributed by atoms with Gasteiger partial charge in [-0.3, -0.25) is 14.3 Å². The van der Waals surface area contributed by atoms with Crippen LogP contribution in [0, 0.1) is 5.41 Å². The van der Waals surface area contributed by atoms with Crippen LogP contribution in [0.2, 0.25) is 0 Å². The summed E-state index contributed by atoms with van der Waals surface area (Å²) in [4.78, 5) is 10.9. The Kier molecular flexibility index (Phi) is 3.24. The Labute approximate surface area is 112 Å². The van der Waals surface area contributed by atoms with Crippen LogP contribution in [-0.2, 0) is 6.54 Å². The zero-order chi connectivity index (χ0) is 13.3. The van der Waals surface area contributed by atoms with Crippen molar-refractivity contribution in [3.05, 3.63) is 30.5 Å². The predicted molar refractivity (Wildman–Crippen MR) is 72.7 cm³/mol. The first-order valence-corrected chi connectivity index (χ1v) is 6.79. The first-order chi connectivity index (χ1) is 9.20. The molecule has 0 aromatic carbocycles. The van der Waals surface area contributed by atoms with Gasteiger partial charge in [0.05, 0.1) is 18.1 Å². The number of likely N-dealkylation sites (tertiary alicyclic amines) is 1. The highest BCUT2D eigenvalue weighted by atomic mass is 16.3. The van der Waals surface area contributed by atoms with E-state index in [4.69, 9.17) is 0 Å². The van der Waals surface area contributed by atoms with Gasteiger partial charge in [-0.2, -0.15) is 0 Å². The average molecular weight is 260 g/mol. The summed E-state index contributed by atoms with van der Waals surface area (Å²) in [6, 6.07) is 0. The molecule has 0 saturated carbocycles. The quantitative estimate of drug-likeness (QED) is 0.904. The zero-order valence-corrected chi connectivity index (χ0v) is 11.3. The van der Waals surface area contributed by atoms with E-state index in [1.807, 2.05) is 12.4 Å². The normalized spacial score (nSPS) is 24.9. The maximum atomic E-state index is 9.51. The van der Waals surface area contributed by atoms with Crippen molar-refractivity contribution in [2.75, 3.05) is 19.7 Å². The van der Waals surface area contributed by atoms with Crippen LogP contribution in [0.25, 0.3) is 5.65 Å². The fourth-order valence-electron chi connectivity index (χ4n) is 2.93. The van der Waals surface area contributed by atoms with Gasteiger partial charge >= 0.3 is 0 Å². The monoisotopic (exact) mass is 260 g/mol. The number of hydrogen-bond acceptors (Lipinski definition) is 4. The maximum absolute atomic E-state index is 9.51. The highest BCUT2D eigenvalue weighted by Crippen LogP contribution is 2.29. The van der Waals surface area contributed by atoms with Crippen molar-refractivity contribution in [1.29, 1.82) is 0 Å². The molecule has 1 N–H and O–H groups in total. The minimum absolute atomic E-state index is 0.0420. The van der Waals surface area contributed by atoms with Crippen molar-refractivity contribution >= 4 is 5.65 Å². The second-order valence-corrected chi connectivity index (χ2v) is 5.84. The van der Waals surface area contributed by atoms with Crippen LogP contribution in [0.3, 0.4) is 0 Å². The molecule has 1 atom stereocenters. The molecule has 0 aliphatic carbocycles. The summed E-state index contributed by atoms with van der Waals surface area (Å²) in [6.07, 6.45) is 9.69. The van der Waals surface area contributed by atoms with Crippen LogP contribution in [0.1, 0.15) is 25.5 Å². The molecule has 1 aliphatic heterocycles. The number of aliphatic hydroxyl groups excluding tert-OH is 1. The molecule has 1 saturated heterocycles. The molecule has 3 rings (SSSR count). The van der Waals surface area contributed by atoms with Gasteiger partial charge in [-0.15, -0.1) is 0 Å². The summed E-state index contributed by atoms with van der Waals surface area (Å²) in [5, 5.41) is 9.51. The number of imidazole rings is 1. The van der Waals surface area contributed by atoms with Gasteiger partial charge in [0.15, 0.2) is 5.65 Å². The molecule has 5 nitrogen and oxygen atoms in total. The minimum atomic E-state index is 0.0420. The number of aliphatic hydroxyl groups is 1. The van der Waals surface area contributed by atoms with Gasteiger partial charge in [0.25, 0.3) is 0 Å². The van der Waals surface area contributed by atoms with Gasteiger partial charge in [-0.25, -0.2) is 4.98 Å². The lowest BCUT2D eigenvalue weighted by molar-refractivity contribution is 0.0422. The third kappa shape index (κ3) is 2.48. The molecule has 5 heteroatoms. The molecule has 2 aromatic heterocycles. The van der Waals surface area contributed by atoms with Gasteiger partial charge in [-0.05, 0) is 19.4 Å². The van der Waals surface area contributed by atoms with Crippen molar-refractivity contribution in [1.82, 2.24) is 19.3 Å². The number of rotatable bonds is 3. The number of nitrogens with zero attached hydrogens (tertiary/aromatic N) is 4. The highest BCUT2D eigenvalue weighted by Gasteiger charge is 2.30. The Balaban J connectivity index is 1.78. The molecule has 1 fully saturated rings. The summed E-state index contributed by atoms with van der Waals surface area (Å²) < 4.78 is 2.08. The molecule has 3 heterocycles. The molecule has 102 valence electrons. The maximum Gasteiger partial charge on any atom is 0.155 e. The molecular formula is C14H20N4O. The topological polar surface area (TPSA) is 53.7 Å². The largest absolute Gasteiger partial charge is 0.396 e. The summed E-state index contributed by atoms with van der Waals surface area (Å²) in [5.74, 6) is 0. The van der Waals surface area contributed by atoms with Crippen molar-refractivity contribution in [3.8, 4) is 0 Å². The van der Waals surface area contributed by atoms with Gasteiger partial charge in [-0.1, -0.05) is 6.92 Å². The minimum Gasteiger partial charge on any atom is -0.396 e. The summed E-state index contributed by atoms with van der Waals surface area (Å²) >= 11 is 0. The Hall–Kier alpha value is -1.46. The van der Waals surface area contributed by atoms with Crippen LogP contribution in [0.5, 0.6) is 0 Å². The van der Waals surface area contributed by atoms with E-state index in [-0.39, 0.29) is 12.0 Å². The lowest BCUT2D eigenvalue weighted by atomic mass is 9.83. The van der Waals surface area contributed by atoms with E-state index in [2.05, 4.69) is 26.2 Å². The Bertz CT molecular complexity index is 567. The first kappa shape index (κ1) is 12.6. The van der Waals surface area contributed by atoms with E-state index >= 15 is 0 Å². The van der Waals surface area contributed by atoms with E-state index in [0.717, 1.165) is 38.1 Å². The smallest absolute Gasteiger partial charge is 0.155 e. The zero-order valence-electron chi connectivity index (χ0n) is 11.3. The van der Waals surface area contributed by atoms with Gasteiger partial charge in [0.2, 0.25) is 0 Å². The fourth-order valence-corrected chi connectivity index (χ4v) is 2.93. The standard InChI is InChI=1S/C14H20N4O/c1-14(11-19)3-2-5-17(10-14)9-12-7-16-13-8-15-4-6-18(12)13/h4,6-8,19H,2-3,5,9-11H2,1H3. The second kappa shape index (κ2) is 4.90. The summed E-state index contributed by atoms with van der Waals surface area (Å²) in [6.45, 7) is 5.34. The molecule has 1 unspecified atom stereocenters. The Morgan fingerprint density at radius 1 is 1.42 bits per heavy atom. The highest BCUT2D eigenvalue weighted by molar-refractivity contribution is 5.36. The SMILES string of the molecule is CC1(CO)CCCN(Cc2cnc3cnccn23)C1. The van der Waals surface area contributed by atoms with Crippen LogP contribution < -0.4 is 0 Å². The van der Waals surface area contributed by atoms with Crippen molar-refractivity contribution in [2.24, 2.45) is 5.41 Å².